The standard InChI is InChI=1S/C21H25N3O3/c1-15-7-8-19(27-2)17(13-15)23-20(25)18-14-16(9-10-22-18)21(26)24-11-5-3-4-6-12-24/h7-10,13-14H,3-6,11-12H2,1-2H3,(H,23,25). The minimum Gasteiger partial charge on any atom is -0.495 e. The van der Waals surface area contributed by atoms with Crippen LogP contribution in [0.5, 0.6) is 5.75 Å². The molecule has 1 aromatic heterocycles. The molecule has 6 heteroatoms. The van der Waals surface area contributed by atoms with Gasteiger partial charge in [0, 0.05) is 24.8 Å². The fourth-order valence-corrected chi connectivity index (χ4v) is 3.25. The van der Waals surface area contributed by atoms with E-state index in [-0.39, 0.29) is 17.5 Å². The highest BCUT2D eigenvalue weighted by Gasteiger charge is 2.19. The zero-order valence-corrected chi connectivity index (χ0v) is 15.8. The van der Waals surface area contributed by atoms with Crippen LogP contribution in [0.1, 0.15) is 52.1 Å². The summed E-state index contributed by atoms with van der Waals surface area (Å²) in [5, 5.41) is 2.82. The lowest BCUT2D eigenvalue weighted by atomic mass is 10.1. The van der Waals surface area contributed by atoms with Crippen molar-refractivity contribution in [3.8, 4) is 5.75 Å². The van der Waals surface area contributed by atoms with Crippen molar-refractivity contribution in [3.63, 3.8) is 0 Å². The Bertz CT molecular complexity index is 827. The van der Waals surface area contributed by atoms with Gasteiger partial charge in [0.05, 0.1) is 12.8 Å². The Hall–Kier alpha value is -2.89. The van der Waals surface area contributed by atoms with Crippen molar-refractivity contribution >= 4 is 17.5 Å². The van der Waals surface area contributed by atoms with Crippen LogP contribution < -0.4 is 10.1 Å². The Balaban J connectivity index is 1.77. The van der Waals surface area contributed by atoms with Crippen molar-refractivity contribution in [2.24, 2.45) is 0 Å². The van der Waals surface area contributed by atoms with Crippen LogP contribution in [0.4, 0.5) is 5.69 Å². The molecule has 0 bridgehead atoms. The van der Waals surface area contributed by atoms with Gasteiger partial charge in [0.2, 0.25) is 0 Å². The first-order valence-corrected chi connectivity index (χ1v) is 9.30. The SMILES string of the molecule is COc1ccc(C)cc1NC(=O)c1cc(C(=O)N2CCCCCC2)ccn1. The Labute approximate surface area is 159 Å². The van der Waals surface area contributed by atoms with Gasteiger partial charge in [-0.25, -0.2) is 0 Å². The Morgan fingerprint density at radius 1 is 1.07 bits per heavy atom. The Morgan fingerprint density at radius 2 is 1.81 bits per heavy atom. The van der Waals surface area contributed by atoms with E-state index in [1.165, 1.54) is 6.20 Å². The van der Waals surface area contributed by atoms with Crippen LogP contribution in [0.3, 0.4) is 0 Å². The lowest BCUT2D eigenvalue weighted by Gasteiger charge is -2.20. The molecule has 0 radical (unpaired) electrons. The van der Waals surface area contributed by atoms with E-state index in [9.17, 15) is 9.59 Å². The Kier molecular flexibility index (Phi) is 6.06. The molecule has 6 nitrogen and oxygen atoms in total. The van der Waals surface area contributed by atoms with Crippen LogP contribution in [-0.4, -0.2) is 41.9 Å². The van der Waals surface area contributed by atoms with Crippen LogP contribution in [0.2, 0.25) is 0 Å². The smallest absolute Gasteiger partial charge is 0.274 e. The molecule has 2 amide bonds. The van der Waals surface area contributed by atoms with Gasteiger partial charge >= 0.3 is 0 Å². The van der Waals surface area contributed by atoms with Gasteiger partial charge in [-0.3, -0.25) is 14.6 Å². The lowest BCUT2D eigenvalue weighted by Crippen LogP contribution is -2.32. The van der Waals surface area contributed by atoms with Gasteiger partial charge in [0.1, 0.15) is 11.4 Å². The first-order chi connectivity index (χ1) is 13.1. The highest BCUT2D eigenvalue weighted by Crippen LogP contribution is 2.25. The number of hydrogen-bond acceptors (Lipinski definition) is 4. The molecular weight excluding hydrogens is 342 g/mol. The number of carbonyl (C=O) groups excluding carboxylic acids is 2. The third-order valence-corrected chi connectivity index (χ3v) is 4.74. The van der Waals surface area contributed by atoms with Gasteiger partial charge in [-0.15, -0.1) is 0 Å². The van der Waals surface area contributed by atoms with Crippen LogP contribution in [0.25, 0.3) is 0 Å². The van der Waals surface area contributed by atoms with Crippen molar-refractivity contribution in [2.75, 3.05) is 25.5 Å². The molecule has 1 aliphatic rings. The minimum absolute atomic E-state index is 0.0403. The van der Waals surface area contributed by atoms with Crippen LogP contribution in [0, 0.1) is 6.92 Å². The highest BCUT2D eigenvalue weighted by molar-refractivity contribution is 6.05. The summed E-state index contributed by atoms with van der Waals surface area (Å²) in [4.78, 5) is 31.4. The number of methoxy groups -OCH3 is 1. The fourth-order valence-electron chi connectivity index (χ4n) is 3.25. The average Bonchev–Trinajstić information content (AvgIpc) is 2.97. The van der Waals surface area contributed by atoms with E-state index in [1.54, 1.807) is 25.3 Å². The number of nitrogens with one attached hydrogen (secondary N) is 1. The summed E-state index contributed by atoms with van der Waals surface area (Å²) in [5.41, 5.74) is 2.28. The van der Waals surface area contributed by atoms with Gasteiger partial charge in [0.15, 0.2) is 0 Å². The van der Waals surface area contributed by atoms with Gasteiger partial charge < -0.3 is 15.0 Å². The van der Waals surface area contributed by atoms with Gasteiger partial charge in [-0.2, -0.15) is 0 Å². The number of ether oxygens (including phenoxy) is 1. The van der Waals surface area contributed by atoms with Gasteiger partial charge in [-0.05, 0) is 49.6 Å². The summed E-state index contributed by atoms with van der Waals surface area (Å²) in [7, 11) is 1.55. The number of pyridine rings is 1. The summed E-state index contributed by atoms with van der Waals surface area (Å²) in [6.07, 6.45) is 5.88. The number of anilines is 1. The molecular formula is C21H25N3O3. The second-order valence-corrected chi connectivity index (χ2v) is 6.79. The summed E-state index contributed by atoms with van der Waals surface area (Å²) in [6, 6.07) is 8.77. The first-order valence-electron chi connectivity index (χ1n) is 9.30. The van der Waals surface area contributed by atoms with E-state index in [2.05, 4.69) is 10.3 Å². The number of likely N-dealkylation sites (tertiary alicyclic amines) is 1. The second-order valence-electron chi connectivity index (χ2n) is 6.79. The number of benzene rings is 1. The molecule has 0 unspecified atom stereocenters. The zero-order chi connectivity index (χ0) is 19.2. The summed E-state index contributed by atoms with van der Waals surface area (Å²) in [5.74, 6) is 0.164. The molecule has 2 heterocycles. The molecule has 1 aromatic carbocycles. The Morgan fingerprint density at radius 3 is 2.52 bits per heavy atom. The van der Waals surface area contributed by atoms with Gasteiger partial charge in [0.25, 0.3) is 11.8 Å². The van der Waals surface area contributed by atoms with E-state index >= 15 is 0 Å². The number of rotatable bonds is 4. The van der Waals surface area contributed by atoms with Crippen molar-refractivity contribution in [3.05, 3.63) is 53.3 Å². The maximum absolute atomic E-state index is 12.8. The predicted molar refractivity (Wildman–Crippen MR) is 104 cm³/mol. The normalized spacial score (nSPS) is 14.4. The molecule has 1 N–H and O–H groups in total. The molecule has 1 aliphatic heterocycles. The third-order valence-electron chi connectivity index (χ3n) is 4.74. The number of aromatic nitrogens is 1. The summed E-state index contributed by atoms with van der Waals surface area (Å²) in [6.45, 7) is 3.47. The number of nitrogens with zero attached hydrogens (tertiary/aromatic N) is 2. The van der Waals surface area contributed by atoms with Crippen LogP contribution >= 0.6 is 0 Å². The maximum atomic E-state index is 12.8. The van der Waals surface area contributed by atoms with E-state index < -0.39 is 0 Å². The van der Waals surface area contributed by atoms with E-state index in [0.29, 0.717) is 17.0 Å². The largest absolute Gasteiger partial charge is 0.495 e. The van der Waals surface area contributed by atoms with Gasteiger partial charge in [-0.1, -0.05) is 18.9 Å². The predicted octanol–water partition coefficient (Wildman–Crippen LogP) is 3.67. The molecule has 142 valence electrons. The number of hydrogen-bond donors (Lipinski definition) is 1. The lowest BCUT2D eigenvalue weighted by molar-refractivity contribution is 0.0761. The van der Waals surface area contributed by atoms with E-state index in [1.807, 2.05) is 24.0 Å². The quantitative estimate of drug-likeness (QED) is 0.895. The molecule has 1 fully saturated rings. The molecule has 2 aromatic rings. The molecule has 0 aliphatic carbocycles. The zero-order valence-electron chi connectivity index (χ0n) is 15.8. The molecule has 0 spiro atoms. The third kappa shape index (κ3) is 4.64. The second kappa shape index (κ2) is 8.66. The monoisotopic (exact) mass is 367 g/mol. The first kappa shape index (κ1) is 18.9. The van der Waals surface area contributed by atoms with Crippen LogP contribution in [0.15, 0.2) is 36.5 Å². The molecule has 0 saturated carbocycles. The topological polar surface area (TPSA) is 71.5 Å². The fraction of sp³-hybridized carbons (Fsp3) is 0.381. The van der Waals surface area contributed by atoms with Crippen LogP contribution in [-0.2, 0) is 0 Å². The summed E-state index contributed by atoms with van der Waals surface area (Å²) < 4.78 is 5.29. The number of amides is 2. The van der Waals surface area contributed by atoms with Crippen molar-refractivity contribution in [1.82, 2.24) is 9.88 Å². The molecule has 3 rings (SSSR count). The van der Waals surface area contributed by atoms with E-state index in [4.69, 9.17) is 4.74 Å². The van der Waals surface area contributed by atoms with E-state index in [0.717, 1.165) is 44.3 Å². The van der Waals surface area contributed by atoms with Crippen molar-refractivity contribution < 1.29 is 14.3 Å². The van der Waals surface area contributed by atoms with Crippen molar-refractivity contribution in [1.29, 1.82) is 0 Å². The molecule has 1 saturated heterocycles. The highest BCUT2D eigenvalue weighted by atomic mass is 16.5. The number of aryl methyl sites for hydroxylation is 1. The van der Waals surface area contributed by atoms with Crippen molar-refractivity contribution in [2.45, 2.75) is 32.6 Å². The molecule has 0 atom stereocenters. The molecule has 27 heavy (non-hydrogen) atoms. The number of carbonyl (C=O) groups is 2. The minimum atomic E-state index is -0.371. The summed E-state index contributed by atoms with van der Waals surface area (Å²) >= 11 is 0. The maximum Gasteiger partial charge on any atom is 0.274 e. The average molecular weight is 367 g/mol.